The zero-order chi connectivity index (χ0) is 8.97. The third-order valence-corrected chi connectivity index (χ3v) is 2.09. The number of hydrogen-bond acceptors (Lipinski definition) is 2. The summed E-state index contributed by atoms with van der Waals surface area (Å²) < 4.78 is 1.98. The molecule has 1 heterocycles. The molecule has 0 aliphatic rings. The quantitative estimate of drug-likeness (QED) is 0.689. The van der Waals surface area contributed by atoms with Crippen LogP contribution < -0.4 is 0 Å². The summed E-state index contributed by atoms with van der Waals surface area (Å²) >= 11 is 0. The zero-order valence-corrected chi connectivity index (χ0v) is 8.12. The molecule has 3 heteroatoms. The highest BCUT2D eigenvalue weighted by Gasteiger charge is 2.07. The van der Waals surface area contributed by atoms with Crippen LogP contribution in [0.15, 0.2) is 6.33 Å². The summed E-state index contributed by atoms with van der Waals surface area (Å²) in [6.45, 7) is 6.32. The first-order valence-corrected chi connectivity index (χ1v) is 4.65. The molecule has 0 bridgehead atoms. The summed E-state index contributed by atoms with van der Waals surface area (Å²) in [5.74, 6) is 0.865. The lowest BCUT2D eigenvalue weighted by Gasteiger charge is -2.12. The van der Waals surface area contributed by atoms with Gasteiger partial charge in [0.05, 0.1) is 6.04 Å². The molecule has 1 aromatic rings. The van der Waals surface area contributed by atoms with Crippen molar-refractivity contribution in [1.29, 1.82) is 0 Å². The largest absolute Gasteiger partial charge is 0.250 e. The molecule has 0 spiro atoms. The van der Waals surface area contributed by atoms with Gasteiger partial charge in [0.2, 0.25) is 0 Å². The summed E-state index contributed by atoms with van der Waals surface area (Å²) in [7, 11) is 0. The van der Waals surface area contributed by atoms with Crippen LogP contribution in [0.25, 0.3) is 0 Å². The van der Waals surface area contributed by atoms with Crippen molar-refractivity contribution >= 4 is 0 Å². The van der Waals surface area contributed by atoms with Crippen molar-refractivity contribution in [3.05, 3.63) is 12.2 Å². The van der Waals surface area contributed by atoms with Crippen LogP contribution in [0.1, 0.15) is 45.0 Å². The van der Waals surface area contributed by atoms with E-state index in [1.54, 1.807) is 0 Å². The Bertz CT molecular complexity index is 229. The Morgan fingerprint density at radius 3 is 2.67 bits per heavy atom. The molecule has 3 nitrogen and oxygen atoms in total. The van der Waals surface area contributed by atoms with Crippen molar-refractivity contribution in [2.24, 2.45) is 0 Å². The predicted octanol–water partition coefficient (Wildman–Crippen LogP) is 2.34. The molecular formula is C9H17N3. The summed E-state index contributed by atoms with van der Waals surface area (Å²) in [5, 5.41) is 4.31. The van der Waals surface area contributed by atoms with E-state index in [2.05, 4.69) is 23.9 Å². The lowest BCUT2D eigenvalue weighted by molar-refractivity contribution is 0.407. The second-order valence-corrected chi connectivity index (χ2v) is 3.12. The molecule has 0 aliphatic carbocycles. The second-order valence-electron chi connectivity index (χ2n) is 3.12. The molecule has 1 unspecified atom stereocenters. The van der Waals surface area contributed by atoms with Crippen LogP contribution in [0.4, 0.5) is 0 Å². The maximum Gasteiger partial charge on any atom is 0.147 e. The normalized spacial score (nSPS) is 13.2. The van der Waals surface area contributed by atoms with Crippen LogP contribution in [-0.4, -0.2) is 14.8 Å². The van der Waals surface area contributed by atoms with Crippen LogP contribution in [0.3, 0.4) is 0 Å². The zero-order valence-electron chi connectivity index (χ0n) is 8.12. The fourth-order valence-corrected chi connectivity index (χ4v) is 1.39. The second kappa shape index (κ2) is 4.24. The van der Waals surface area contributed by atoms with Gasteiger partial charge >= 0.3 is 0 Å². The summed E-state index contributed by atoms with van der Waals surface area (Å²) in [4.78, 5) is 4.12. The van der Waals surface area contributed by atoms with E-state index >= 15 is 0 Å². The molecule has 1 aromatic heterocycles. The predicted molar refractivity (Wildman–Crippen MR) is 49.0 cm³/mol. The lowest BCUT2D eigenvalue weighted by atomic mass is 10.1. The highest BCUT2D eigenvalue weighted by Crippen LogP contribution is 2.15. The van der Waals surface area contributed by atoms with Gasteiger partial charge in [-0.05, 0) is 19.8 Å². The average molecular weight is 167 g/mol. The number of aryl methyl sites for hydroxylation is 1. The van der Waals surface area contributed by atoms with Gasteiger partial charge in [-0.15, -0.1) is 0 Å². The Balaban J connectivity index is 2.66. The van der Waals surface area contributed by atoms with Crippen molar-refractivity contribution in [2.75, 3.05) is 0 Å². The first-order valence-electron chi connectivity index (χ1n) is 4.65. The highest BCUT2D eigenvalue weighted by molar-refractivity contribution is 4.78. The minimum absolute atomic E-state index is 0.538. The molecule has 0 saturated heterocycles. The maximum atomic E-state index is 4.31. The maximum absolute atomic E-state index is 4.31. The summed E-state index contributed by atoms with van der Waals surface area (Å²) in [6, 6.07) is 0.538. The van der Waals surface area contributed by atoms with Gasteiger partial charge in [0.25, 0.3) is 0 Å². The van der Waals surface area contributed by atoms with Gasteiger partial charge in [-0.25, -0.2) is 9.67 Å². The van der Waals surface area contributed by atoms with E-state index in [9.17, 15) is 0 Å². The van der Waals surface area contributed by atoms with Crippen molar-refractivity contribution in [1.82, 2.24) is 14.8 Å². The first-order chi connectivity index (χ1) is 5.77. The van der Waals surface area contributed by atoms with E-state index in [4.69, 9.17) is 0 Å². The molecular weight excluding hydrogens is 150 g/mol. The van der Waals surface area contributed by atoms with Crippen LogP contribution in [0.2, 0.25) is 0 Å². The Hall–Kier alpha value is -0.860. The number of nitrogens with zero attached hydrogens (tertiary/aromatic N) is 3. The van der Waals surface area contributed by atoms with E-state index in [0.29, 0.717) is 6.04 Å². The summed E-state index contributed by atoms with van der Waals surface area (Å²) in [6.07, 6.45) is 5.37. The van der Waals surface area contributed by atoms with E-state index in [-0.39, 0.29) is 0 Å². The van der Waals surface area contributed by atoms with Gasteiger partial charge < -0.3 is 0 Å². The molecule has 0 N–H and O–H groups in total. The van der Waals surface area contributed by atoms with Crippen molar-refractivity contribution < 1.29 is 0 Å². The van der Waals surface area contributed by atoms with Gasteiger partial charge in [0.1, 0.15) is 12.2 Å². The van der Waals surface area contributed by atoms with Crippen molar-refractivity contribution in [2.45, 2.75) is 46.1 Å². The first kappa shape index (κ1) is 9.23. The molecule has 0 fully saturated rings. The van der Waals surface area contributed by atoms with E-state index < -0.39 is 0 Å². The molecule has 0 aliphatic heterocycles. The van der Waals surface area contributed by atoms with Gasteiger partial charge in [-0.2, -0.15) is 5.10 Å². The molecule has 0 aromatic carbocycles. The molecule has 1 rings (SSSR count). The monoisotopic (exact) mass is 167 g/mol. The van der Waals surface area contributed by atoms with Crippen LogP contribution in [-0.2, 0) is 0 Å². The Kier molecular flexibility index (Phi) is 3.26. The molecule has 0 amide bonds. The van der Waals surface area contributed by atoms with E-state index in [0.717, 1.165) is 12.2 Å². The number of aromatic nitrogens is 3. The van der Waals surface area contributed by atoms with E-state index in [1.807, 2.05) is 17.9 Å². The molecule has 68 valence electrons. The van der Waals surface area contributed by atoms with Gasteiger partial charge in [0.15, 0.2) is 0 Å². The third-order valence-electron chi connectivity index (χ3n) is 2.09. The lowest BCUT2D eigenvalue weighted by Crippen LogP contribution is -2.08. The SMILES string of the molecule is CCCC(CC)n1cnc(C)n1. The fraction of sp³-hybridized carbons (Fsp3) is 0.778. The van der Waals surface area contributed by atoms with Gasteiger partial charge in [0, 0.05) is 0 Å². The van der Waals surface area contributed by atoms with Crippen molar-refractivity contribution in [3.63, 3.8) is 0 Å². The highest BCUT2D eigenvalue weighted by atomic mass is 15.3. The number of rotatable bonds is 4. The fourth-order valence-electron chi connectivity index (χ4n) is 1.39. The Labute approximate surface area is 73.8 Å². The molecule has 0 saturated carbocycles. The minimum atomic E-state index is 0.538. The average Bonchev–Trinajstić information content (AvgIpc) is 2.47. The van der Waals surface area contributed by atoms with Crippen LogP contribution in [0.5, 0.6) is 0 Å². The molecule has 0 radical (unpaired) electrons. The van der Waals surface area contributed by atoms with Crippen LogP contribution in [0, 0.1) is 6.92 Å². The van der Waals surface area contributed by atoms with Gasteiger partial charge in [-0.3, -0.25) is 0 Å². The molecule has 1 atom stereocenters. The van der Waals surface area contributed by atoms with Gasteiger partial charge in [-0.1, -0.05) is 20.3 Å². The third kappa shape index (κ3) is 2.06. The Morgan fingerprint density at radius 2 is 2.25 bits per heavy atom. The Morgan fingerprint density at radius 1 is 1.50 bits per heavy atom. The summed E-state index contributed by atoms with van der Waals surface area (Å²) in [5.41, 5.74) is 0. The van der Waals surface area contributed by atoms with Crippen LogP contribution >= 0.6 is 0 Å². The number of hydrogen-bond donors (Lipinski definition) is 0. The van der Waals surface area contributed by atoms with Crippen molar-refractivity contribution in [3.8, 4) is 0 Å². The smallest absolute Gasteiger partial charge is 0.147 e. The van der Waals surface area contributed by atoms with E-state index in [1.165, 1.54) is 12.8 Å². The standard InChI is InChI=1S/C9H17N3/c1-4-6-9(5-2)12-7-10-8(3)11-12/h7,9H,4-6H2,1-3H3. The molecule has 12 heavy (non-hydrogen) atoms. The topological polar surface area (TPSA) is 30.7 Å². The minimum Gasteiger partial charge on any atom is -0.250 e.